The van der Waals surface area contributed by atoms with Crippen LogP contribution in [-0.4, -0.2) is 28.9 Å². The number of fused-ring (bicyclic) bond motifs is 1. The summed E-state index contributed by atoms with van der Waals surface area (Å²) in [5.41, 5.74) is 5.08. The number of hydrogen-bond donors (Lipinski definition) is 2. The number of H-pyrrole nitrogens is 1. The van der Waals surface area contributed by atoms with E-state index in [4.69, 9.17) is 0 Å². The maximum atomic E-state index is 12.8. The van der Waals surface area contributed by atoms with Gasteiger partial charge in [0.25, 0.3) is 5.91 Å². The second-order valence-corrected chi connectivity index (χ2v) is 6.58. The summed E-state index contributed by atoms with van der Waals surface area (Å²) in [6, 6.07) is 16.3. The van der Waals surface area contributed by atoms with Gasteiger partial charge in [-0.15, -0.1) is 0 Å². The van der Waals surface area contributed by atoms with Crippen molar-refractivity contribution in [2.75, 3.05) is 13.1 Å². The fourth-order valence-electron chi connectivity index (χ4n) is 3.41. The van der Waals surface area contributed by atoms with Crippen molar-refractivity contribution in [3.63, 3.8) is 0 Å². The van der Waals surface area contributed by atoms with Gasteiger partial charge in [0.05, 0.1) is 5.56 Å². The molecule has 0 aliphatic carbocycles. The van der Waals surface area contributed by atoms with Gasteiger partial charge in [0.1, 0.15) is 0 Å². The average molecular weight is 349 g/mol. The third-order valence-electron chi connectivity index (χ3n) is 4.97. The number of carbonyl (C=O) groups excluding carboxylic acids is 1. The Hall–Kier alpha value is -2.59. The molecular weight excluding hydrogens is 322 g/mol. The summed E-state index contributed by atoms with van der Waals surface area (Å²) in [5.74, 6) is -0.0300. The van der Waals surface area contributed by atoms with Crippen molar-refractivity contribution >= 4 is 16.8 Å². The Morgan fingerprint density at radius 3 is 2.38 bits per heavy atom. The van der Waals surface area contributed by atoms with E-state index >= 15 is 0 Å². The van der Waals surface area contributed by atoms with E-state index in [1.165, 1.54) is 11.1 Å². The van der Waals surface area contributed by atoms with Crippen LogP contribution < -0.4 is 5.32 Å². The number of hydrogen-bond acceptors (Lipinski definition) is 2. The van der Waals surface area contributed by atoms with Gasteiger partial charge in [-0.1, -0.05) is 56.3 Å². The largest absolute Gasteiger partial charge is 0.358 e. The SMILES string of the molecule is CCN(CC)Cc1ccccc1CNC(=O)c1c(C)[nH]c2ccccc12. The smallest absolute Gasteiger partial charge is 0.253 e. The predicted octanol–water partition coefficient (Wildman–Crippen LogP) is 4.25. The van der Waals surface area contributed by atoms with Crippen LogP contribution >= 0.6 is 0 Å². The predicted molar refractivity (Wildman–Crippen MR) is 107 cm³/mol. The molecule has 2 aromatic carbocycles. The van der Waals surface area contributed by atoms with Crippen LogP contribution in [0.2, 0.25) is 0 Å². The summed E-state index contributed by atoms with van der Waals surface area (Å²) in [6.07, 6.45) is 0. The number of aryl methyl sites for hydroxylation is 1. The van der Waals surface area contributed by atoms with E-state index in [2.05, 4.69) is 47.2 Å². The molecule has 136 valence electrons. The highest BCUT2D eigenvalue weighted by Gasteiger charge is 2.16. The summed E-state index contributed by atoms with van der Waals surface area (Å²) in [5, 5.41) is 4.08. The summed E-state index contributed by atoms with van der Waals surface area (Å²) in [7, 11) is 0. The normalized spacial score (nSPS) is 11.2. The van der Waals surface area contributed by atoms with Gasteiger partial charge in [-0.25, -0.2) is 0 Å². The number of para-hydroxylation sites is 1. The molecule has 3 aromatic rings. The quantitative estimate of drug-likeness (QED) is 0.670. The first-order valence-corrected chi connectivity index (χ1v) is 9.28. The fraction of sp³-hybridized carbons (Fsp3) is 0.318. The average Bonchev–Trinajstić information content (AvgIpc) is 3.00. The third-order valence-corrected chi connectivity index (χ3v) is 4.97. The van der Waals surface area contributed by atoms with Gasteiger partial charge in [0, 0.05) is 29.7 Å². The van der Waals surface area contributed by atoms with E-state index in [1.54, 1.807) is 0 Å². The van der Waals surface area contributed by atoms with Crippen molar-refractivity contribution in [2.45, 2.75) is 33.9 Å². The second kappa shape index (κ2) is 8.19. The Morgan fingerprint density at radius 2 is 1.65 bits per heavy atom. The summed E-state index contributed by atoms with van der Waals surface area (Å²) < 4.78 is 0. The van der Waals surface area contributed by atoms with Crippen LogP contribution in [0.3, 0.4) is 0 Å². The fourth-order valence-corrected chi connectivity index (χ4v) is 3.41. The molecule has 1 amide bonds. The zero-order chi connectivity index (χ0) is 18.5. The Bertz CT molecular complexity index is 893. The minimum absolute atomic E-state index is 0.0300. The first-order valence-electron chi connectivity index (χ1n) is 9.28. The first-order chi connectivity index (χ1) is 12.6. The monoisotopic (exact) mass is 349 g/mol. The lowest BCUT2D eigenvalue weighted by Crippen LogP contribution is -2.26. The summed E-state index contributed by atoms with van der Waals surface area (Å²) in [6.45, 7) is 9.78. The minimum atomic E-state index is -0.0300. The molecule has 0 fully saturated rings. The van der Waals surface area contributed by atoms with Crippen molar-refractivity contribution in [1.29, 1.82) is 0 Å². The van der Waals surface area contributed by atoms with E-state index in [0.717, 1.165) is 41.8 Å². The molecule has 4 heteroatoms. The zero-order valence-corrected chi connectivity index (χ0v) is 15.8. The second-order valence-electron chi connectivity index (χ2n) is 6.58. The lowest BCUT2D eigenvalue weighted by atomic mass is 10.1. The molecule has 0 aliphatic rings. The number of nitrogens with one attached hydrogen (secondary N) is 2. The first kappa shape index (κ1) is 18.2. The Kier molecular flexibility index (Phi) is 5.74. The van der Waals surface area contributed by atoms with E-state index in [9.17, 15) is 4.79 Å². The van der Waals surface area contributed by atoms with Gasteiger partial charge in [0.2, 0.25) is 0 Å². The van der Waals surface area contributed by atoms with Crippen LogP contribution in [0.4, 0.5) is 0 Å². The van der Waals surface area contributed by atoms with Crippen LogP contribution in [0, 0.1) is 6.92 Å². The molecular formula is C22H27N3O. The van der Waals surface area contributed by atoms with Gasteiger partial charge in [0.15, 0.2) is 0 Å². The Balaban J connectivity index is 1.77. The molecule has 26 heavy (non-hydrogen) atoms. The topological polar surface area (TPSA) is 48.1 Å². The molecule has 1 aromatic heterocycles. The molecule has 0 spiro atoms. The van der Waals surface area contributed by atoms with Gasteiger partial charge in [-0.2, -0.15) is 0 Å². The number of carbonyl (C=O) groups is 1. The van der Waals surface area contributed by atoms with Crippen LogP contribution in [0.15, 0.2) is 48.5 Å². The summed E-state index contributed by atoms with van der Waals surface area (Å²) in [4.78, 5) is 18.5. The molecule has 0 radical (unpaired) electrons. The number of aromatic nitrogens is 1. The molecule has 0 atom stereocenters. The molecule has 0 bridgehead atoms. The molecule has 0 saturated heterocycles. The van der Waals surface area contributed by atoms with Gasteiger partial charge >= 0.3 is 0 Å². The standard InChI is InChI=1S/C22H27N3O/c1-4-25(5-2)15-18-11-7-6-10-17(18)14-23-22(26)21-16(3)24-20-13-9-8-12-19(20)21/h6-13,24H,4-5,14-15H2,1-3H3,(H,23,26). The zero-order valence-electron chi connectivity index (χ0n) is 15.8. The number of rotatable bonds is 7. The number of aromatic amines is 1. The maximum absolute atomic E-state index is 12.8. The summed E-state index contributed by atoms with van der Waals surface area (Å²) >= 11 is 0. The molecule has 0 unspecified atom stereocenters. The van der Waals surface area contributed by atoms with Crippen LogP contribution in [-0.2, 0) is 13.1 Å². The van der Waals surface area contributed by atoms with E-state index < -0.39 is 0 Å². The molecule has 0 aliphatic heterocycles. The molecule has 4 nitrogen and oxygen atoms in total. The maximum Gasteiger partial charge on any atom is 0.253 e. The molecule has 1 heterocycles. The number of nitrogens with zero attached hydrogens (tertiary/aromatic N) is 1. The van der Waals surface area contributed by atoms with Crippen LogP contribution in [0.25, 0.3) is 10.9 Å². The van der Waals surface area contributed by atoms with Crippen molar-refractivity contribution in [3.05, 3.63) is 70.9 Å². The number of amides is 1. The highest BCUT2D eigenvalue weighted by atomic mass is 16.1. The van der Waals surface area contributed by atoms with Crippen molar-refractivity contribution < 1.29 is 4.79 Å². The minimum Gasteiger partial charge on any atom is -0.358 e. The van der Waals surface area contributed by atoms with Crippen LogP contribution in [0.1, 0.15) is 41.0 Å². The Labute approximate surface area is 155 Å². The Morgan fingerprint density at radius 1 is 1.00 bits per heavy atom. The van der Waals surface area contributed by atoms with E-state index in [-0.39, 0.29) is 5.91 Å². The van der Waals surface area contributed by atoms with Crippen LogP contribution in [0.5, 0.6) is 0 Å². The van der Waals surface area contributed by atoms with Gasteiger partial charge in [-0.3, -0.25) is 9.69 Å². The third kappa shape index (κ3) is 3.81. The highest BCUT2D eigenvalue weighted by Crippen LogP contribution is 2.22. The van der Waals surface area contributed by atoms with Gasteiger partial charge < -0.3 is 10.3 Å². The van der Waals surface area contributed by atoms with Gasteiger partial charge in [-0.05, 0) is 37.2 Å². The van der Waals surface area contributed by atoms with E-state index in [0.29, 0.717) is 6.54 Å². The number of benzene rings is 2. The molecule has 2 N–H and O–H groups in total. The van der Waals surface area contributed by atoms with E-state index in [1.807, 2.05) is 37.3 Å². The van der Waals surface area contributed by atoms with Crippen molar-refractivity contribution in [3.8, 4) is 0 Å². The highest BCUT2D eigenvalue weighted by molar-refractivity contribution is 6.08. The molecule has 3 rings (SSSR count). The molecule has 0 saturated carbocycles. The lowest BCUT2D eigenvalue weighted by Gasteiger charge is -2.20. The van der Waals surface area contributed by atoms with Crippen molar-refractivity contribution in [2.24, 2.45) is 0 Å². The lowest BCUT2D eigenvalue weighted by molar-refractivity contribution is 0.0952. The van der Waals surface area contributed by atoms with Crippen molar-refractivity contribution in [1.82, 2.24) is 15.2 Å².